The molecule has 6 bridgehead atoms. The largest absolute Gasteiger partial charge is 0.464 e. The Hall–Kier alpha value is -5.90. The highest BCUT2D eigenvalue weighted by atomic mass is 19.1. The molecule has 2 N–H and O–H groups in total. The number of carbonyl (C=O) groups excluding carboxylic acids is 3. The Morgan fingerprint density at radius 2 is 1.81 bits per heavy atom. The number of amides is 2. The Kier molecular flexibility index (Phi) is 15.3. The number of aromatic nitrogens is 5. The second-order valence-electron chi connectivity index (χ2n) is 23.8. The molecule has 9 heterocycles. The average molecular weight is 1090 g/mol. The predicted molar refractivity (Wildman–Crippen MR) is 292 cm³/mol. The number of anilines is 1. The summed E-state index contributed by atoms with van der Waals surface area (Å²) in [6, 6.07) is 7.99. The van der Waals surface area contributed by atoms with Crippen molar-refractivity contribution in [1.82, 2.24) is 50.1 Å². The van der Waals surface area contributed by atoms with Gasteiger partial charge in [0.05, 0.1) is 48.7 Å². The fourth-order valence-corrected chi connectivity index (χ4v) is 13.1. The molecule has 0 radical (unpaired) electrons. The minimum absolute atomic E-state index is 0.00381. The Labute approximate surface area is 461 Å². The first kappa shape index (κ1) is 53.7. The minimum atomic E-state index is -1.28. The van der Waals surface area contributed by atoms with Gasteiger partial charge in [0.15, 0.2) is 0 Å². The molecule has 2 aliphatic carbocycles. The van der Waals surface area contributed by atoms with Crippen LogP contribution in [0.5, 0.6) is 0 Å². The number of hydrogen-bond acceptors (Lipinski definition) is 16. The second-order valence-corrected chi connectivity index (χ2v) is 23.8. The number of alkyl halides is 1. The summed E-state index contributed by atoms with van der Waals surface area (Å²) in [6.45, 7) is 15.1. The van der Waals surface area contributed by atoms with Crippen LogP contribution in [-0.2, 0) is 46.3 Å². The molecule has 5 aliphatic heterocycles. The fourth-order valence-electron chi connectivity index (χ4n) is 13.1. The van der Waals surface area contributed by atoms with Crippen LogP contribution in [0.1, 0.15) is 114 Å². The number of fused-ring (bicyclic) bond motifs is 6. The number of hydrogen-bond donors (Lipinski definition) is 2. The summed E-state index contributed by atoms with van der Waals surface area (Å²) >= 11 is 0. The van der Waals surface area contributed by atoms with Crippen molar-refractivity contribution in [2.45, 2.75) is 134 Å². The van der Waals surface area contributed by atoms with E-state index in [1.54, 1.807) is 19.6 Å². The Balaban J connectivity index is 0.992. The molecule has 0 spiro atoms. The van der Waals surface area contributed by atoms with Gasteiger partial charge in [-0.3, -0.25) is 34.2 Å². The van der Waals surface area contributed by atoms with Crippen molar-refractivity contribution in [2.75, 3.05) is 84.3 Å². The molecule has 4 aromatic heterocycles. The first-order valence-corrected chi connectivity index (χ1v) is 28.8. The lowest BCUT2D eigenvalue weighted by molar-refractivity contribution is -0.156. The number of likely N-dealkylation sites (tertiary alicyclic amines) is 1. The summed E-state index contributed by atoms with van der Waals surface area (Å²) in [5.41, 5.74) is 10.5. The van der Waals surface area contributed by atoms with Crippen molar-refractivity contribution in [3.8, 4) is 22.5 Å². The summed E-state index contributed by atoms with van der Waals surface area (Å²) in [5.74, 6) is -1.87. The van der Waals surface area contributed by atoms with Gasteiger partial charge in [-0.15, -0.1) is 0 Å². The van der Waals surface area contributed by atoms with Gasteiger partial charge in [-0.1, -0.05) is 26.8 Å². The van der Waals surface area contributed by atoms with Crippen LogP contribution in [-0.4, -0.2) is 167 Å². The van der Waals surface area contributed by atoms with Crippen LogP contribution in [0, 0.1) is 17.3 Å². The maximum atomic E-state index is 15.5. The van der Waals surface area contributed by atoms with E-state index in [0.29, 0.717) is 63.9 Å². The molecule has 4 saturated heterocycles. The van der Waals surface area contributed by atoms with E-state index in [0.717, 1.165) is 89.4 Å². The van der Waals surface area contributed by atoms with Gasteiger partial charge >= 0.3 is 5.97 Å². The van der Waals surface area contributed by atoms with Gasteiger partial charge in [0.2, 0.25) is 11.8 Å². The first-order valence-electron chi connectivity index (χ1n) is 28.8. The Bertz CT molecular complexity index is 3010. The quantitative estimate of drug-likeness (QED) is 0.120. The number of carbonyl (C=O) groups is 3. The van der Waals surface area contributed by atoms with Gasteiger partial charge in [0.1, 0.15) is 42.6 Å². The Morgan fingerprint density at radius 3 is 2.56 bits per heavy atom. The number of halogens is 1. The highest BCUT2D eigenvalue weighted by molar-refractivity contribution is 5.96. The van der Waals surface area contributed by atoms with Crippen LogP contribution in [0.25, 0.3) is 33.4 Å². The number of esters is 1. The molecule has 0 unspecified atom stereocenters. The molecule has 19 nitrogen and oxygen atoms in total. The van der Waals surface area contributed by atoms with E-state index in [1.807, 2.05) is 37.1 Å². The fraction of sp³-hybridized carbons (Fsp3) is 0.610. The van der Waals surface area contributed by atoms with Gasteiger partial charge in [-0.05, 0) is 94.0 Å². The lowest BCUT2D eigenvalue weighted by atomic mass is 9.84. The molecular formula is C59H76FN11O8. The number of ether oxygens (including phenoxy) is 4. The monoisotopic (exact) mass is 1090 g/mol. The zero-order valence-corrected chi connectivity index (χ0v) is 46.3. The number of benzene rings is 1. The smallest absolute Gasteiger partial charge is 0.324 e. The number of methoxy groups -OCH3 is 1. The molecule has 422 valence electrons. The summed E-state index contributed by atoms with van der Waals surface area (Å²) in [6.07, 6.45) is 11.2. The SMILES string of the molecule is CO[C@@H](C)c1ncc(N2CCN(C3CC3)CC2)cc1-c1c2c3cc(ccc3n1CCOC1CCOCC1)-c1coc(n1)[C@@H](N1CC[C@H](F)C1)[C@H](NC(=O)[C@@H]1[C@@H](C)[C@H]1c1ccncn1)C(=O)N1CCC[C@H](N1)C(=O)OCC(C)(C)C2. The van der Waals surface area contributed by atoms with Gasteiger partial charge in [-0.2, -0.15) is 0 Å². The number of nitrogens with one attached hydrogen (secondary N) is 2. The summed E-state index contributed by atoms with van der Waals surface area (Å²) in [7, 11) is 1.72. The zero-order chi connectivity index (χ0) is 54.5. The summed E-state index contributed by atoms with van der Waals surface area (Å²) in [5, 5.41) is 5.54. The van der Waals surface area contributed by atoms with Crippen molar-refractivity contribution in [1.29, 1.82) is 0 Å². The van der Waals surface area contributed by atoms with Crippen molar-refractivity contribution in [3.05, 3.63) is 78.2 Å². The van der Waals surface area contributed by atoms with Crippen LogP contribution in [0.15, 0.2) is 59.7 Å². The lowest BCUT2D eigenvalue weighted by Gasteiger charge is -2.38. The lowest BCUT2D eigenvalue weighted by Crippen LogP contribution is -2.62. The number of pyridine rings is 1. The van der Waals surface area contributed by atoms with Crippen LogP contribution in [0.2, 0.25) is 0 Å². The van der Waals surface area contributed by atoms with E-state index in [9.17, 15) is 9.59 Å². The first-order chi connectivity index (χ1) is 38.3. The van der Waals surface area contributed by atoms with Crippen LogP contribution >= 0.6 is 0 Å². The van der Waals surface area contributed by atoms with Gasteiger partial charge in [0.25, 0.3) is 5.91 Å². The standard InChI is InChI=1S/C59H76FN11O8/c1-35-49(45-12-16-61-34-63-45)50(35)55(72)65-52-54(69-18-13-38(60)31-69)56-64-47(32-78-56)37-8-11-48-42(27-37)44(29-59(3,4)33-79-58(74)46-7-6-17-71(66-46)57(52)73)53(70(48)23-26-77-41-14-24-76-25-15-41)43-28-40(30-62-51(43)36(2)75-5)68-21-19-67(20-22-68)39-9-10-39/h8,11-12,16,27-28,30,32,34-36,38-39,41,46,49-50,52,54,66H,6-7,9-10,13-15,17-26,29,31,33H2,1-5H3,(H,65,72)/t35-,36-,38-,46-,49-,50+,52-,54-/m0/s1. The highest BCUT2D eigenvalue weighted by Crippen LogP contribution is 2.53. The van der Waals surface area contributed by atoms with E-state index in [-0.39, 0.29) is 62.0 Å². The van der Waals surface area contributed by atoms with E-state index in [1.165, 1.54) is 24.2 Å². The number of nitrogens with zero attached hydrogens (tertiary/aromatic N) is 9. The molecule has 2 amide bonds. The number of oxazole rings is 1. The zero-order valence-electron chi connectivity index (χ0n) is 46.3. The third-order valence-electron chi connectivity index (χ3n) is 17.8. The van der Waals surface area contributed by atoms with Gasteiger partial charge in [0, 0.05) is 130 Å². The van der Waals surface area contributed by atoms with Crippen molar-refractivity contribution in [2.24, 2.45) is 17.3 Å². The maximum absolute atomic E-state index is 15.5. The van der Waals surface area contributed by atoms with E-state index >= 15 is 9.18 Å². The molecule has 7 aliphatic rings. The summed E-state index contributed by atoms with van der Waals surface area (Å²) in [4.78, 5) is 70.2. The van der Waals surface area contributed by atoms with Crippen LogP contribution < -0.4 is 15.6 Å². The third kappa shape index (κ3) is 11.2. The average Bonchev–Trinajstić information content (AvgIpc) is 4.50. The van der Waals surface area contributed by atoms with Gasteiger partial charge < -0.3 is 38.1 Å². The molecule has 79 heavy (non-hydrogen) atoms. The van der Waals surface area contributed by atoms with Crippen molar-refractivity contribution in [3.63, 3.8) is 0 Å². The molecule has 12 rings (SSSR count). The van der Waals surface area contributed by atoms with E-state index < -0.39 is 47.5 Å². The number of cyclic esters (lactones) is 1. The number of rotatable bonds is 13. The molecule has 6 fully saturated rings. The number of piperazine rings is 1. The maximum Gasteiger partial charge on any atom is 0.324 e. The third-order valence-corrected chi connectivity index (χ3v) is 17.8. The second kappa shape index (κ2) is 22.6. The molecule has 2 saturated carbocycles. The van der Waals surface area contributed by atoms with Crippen LogP contribution in [0.3, 0.4) is 0 Å². The normalized spacial score (nSPS) is 27.7. The van der Waals surface area contributed by atoms with Gasteiger partial charge in [-0.25, -0.2) is 24.8 Å². The minimum Gasteiger partial charge on any atom is -0.464 e. The molecule has 20 heteroatoms. The molecule has 1 aromatic carbocycles. The van der Waals surface area contributed by atoms with Crippen molar-refractivity contribution >= 4 is 34.4 Å². The molecule has 8 atom stereocenters. The van der Waals surface area contributed by atoms with Crippen molar-refractivity contribution < 1.29 is 42.1 Å². The number of hydrazine groups is 1. The Morgan fingerprint density at radius 1 is 0.987 bits per heavy atom. The molecular weight excluding hydrogens is 1010 g/mol. The van der Waals surface area contributed by atoms with E-state index in [4.69, 9.17) is 33.3 Å². The molecule has 5 aromatic rings. The highest BCUT2D eigenvalue weighted by Gasteiger charge is 2.55. The van der Waals surface area contributed by atoms with E-state index in [2.05, 4.69) is 67.1 Å². The topological polar surface area (TPSA) is 195 Å². The van der Waals surface area contributed by atoms with Crippen LogP contribution in [0.4, 0.5) is 10.1 Å². The predicted octanol–water partition coefficient (Wildman–Crippen LogP) is 6.58. The summed E-state index contributed by atoms with van der Waals surface area (Å²) < 4.78 is 49.1.